The van der Waals surface area contributed by atoms with Crippen molar-refractivity contribution in [1.29, 1.82) is 0 Å². The van der Waals surface area contributed by atoms with Gasteiger partial charge in [-0.1, -0.05) is 12.1 Å². The molecule has 1 heterocycles. The van der Waals surface area contributed by atoms with E-state index in [0.717, 1.165) is 25.1 Å². The molecule has 3 nitrogen and oxygen atoms in total. The van der Waals surface area contributed by atoms with E-state index in [4.69, 9.17) is 5.73 Å². The number of hydrogen-bond donors (Lipinski definition) is 1. The van der Waals surface area contributed by atoms with Crippen molar-refractivity contribution in [3.63, 3.8) is 0 Å². The molecule has 0 unspecified atom stereocenters. The predicted octanol–water partition coefficient (Wildman–Crippen LogP) is 2.59. The van der Waals surface area contributed by atoms with E-state index in [1.165, 1.54) is 36.2 Å². The second-order valence-electron chi connectivity index (χ2n) is 5.03. The van der Waals surface area contributed by atoms with Gasteiger partial charge in [-0.25, -0.2) is 4.98 Å². The second kappa shape index (κ2) is 4.84. The number of nitrogens with two attached hydrogens (primary N) is 1. The summed E-state index contributed by atoms with van der Waals surface area (Å²) in [5.41, 5.74) is 10.6. The number of imidazole rings is 1. The molecule has 0 atom stereocenters. The van der Waals surface area contributed by atoms with Gasteiger partial charge in [0.15, 0.2) is 0 Å². The predicted molar refractivity (Wildman–Crippen MR) is 73.4 cm³/mol. The van der Waals surface area contributed by atoms with Crippen LogP contribution in [-0.4, -0.2) is 9.55 Å². The maximum Gasteiger partial charge on any atom is 0.0951 e. The zero-order valence-electron chi connectivity index (χ0n) is 10.6. The van der Waals surface area contributed by atoms with Gasteiger partial charge in [-0.15, -0.1) is 0 Å². The van der Waals surface area contributed by atoms with Gasteiger partial charge in [-0.2, -0.15) is 0 Å². The molecule has 2 N–H and O–H groups in total. The van der Waals surface area contributed by atoms with E-state index in [0.29, 0.717) is 0 Å². The Morgan fingerprint density at radius 3 is 2.72 bits per heavy atom. The van der Waals surface area contributed by atoms with Gasteiger partial charge in [0, 0.05) is 17.9 Å². The number of aryl methyl sites for hydroxylation is 3. The van der Waals surface area contributed by atoms with Crippen LogP contribution in [0.15, 0.2) is 30.6 Å². The molecule has 0 saturated heterocycles. The molecular weight excluding hydrogens is 222 g/mol. The third kappa shape index (κ3) is 2.26. The molecule has 1 aliphatic carbocycles. The third-order valence-corrected chi connectivity index (χ3v) is 3.73. The van der Waals surface area contributed by atoms with Crippen molar-refractivity contribution < 1.29 is 0 Å². The summed E-state index contributed by atoms with van der Waals surface area (Å²) in [6.45, 7) is 1.02. The van der Waals surface area contributed by atoms with Gasteiger partial charge >= 0.3 is 0 Å². The monoisotopic (exact) mass is 241 g/mol. The van der Waals surface area contributed by atoms with Crippen LogP contribution in [0.25, 0.3) is 0 Å². The minimum Gasteiger partial charge on any atom is -0.399 e. The minimum absolute atomic E-state index is 0.832. The molecule has 1 aliphatic rings. The topological polar surface area (TPSA) is 43.8 Å². The van der Waals surface area contributed by atoms with Gasteiger partial charge in [0.25, 0.3) is 0 Å². The van der Waals surface area contributed by atoms with E-state index in [2.05, 4.69) is 21.7 Å². The number of nitrogens with zero attached hydrogens (tertiary/aromatic N) is 2. The van der Waals surface area contributed by atoms with E-state index in [1.54, 1.807) is 0 Å². The molecule has 0 aliphatic heterocycles. The van der Waals surface area contributed by atoms with E-state index < -0.39 is 0 Å². The van der Waals surface area contributed by atoms with Crippen LogP contribution in [0.2, 0.25) is 0 Å². The molecule has 2 aromatic rings. The normalized spacial score (nSPS) is 14.4. The first-order chi connectivity index (χ1) is 8.83. The number of aromatic nitrogens is 2. The van der Waals surface area contributed by atoms with Crippen molar-refractivity contribution in [2.24, 2.45) is 0 Å². The maximum atomic E-state index is 5.69. The summed E-state index contributed by atoms with van der Waals surface area (Å²) in [6.07, 6.45) is 8.00. The number of benzene rings is 1. The third-order valence-electron chi connectivity index (χ3n) is 3.73. The summed E-state index contributed by atoms with van der Waals surface area (Å²) in [6, 6.07) is 8.16. The van der Waals surface area contributed by atoms with Crippen LogP contribution < -0.4 is 5.73 Å². The molecule has 3 heteroatoms. The summed E-state index contributed by atoms with van der Waals surface area (Å²) < 4.78 is 2.32. The highest BCUT2D eigenvalue weighted by Gasteiger charge is 2.14. The highest BCUT2D eigenvalue weighted by Crippen LogP contribution is 2.20. The Morgan fingerprint density at radius 1 is 1.11 bits per heavy atom. The SMILES string of the molecule is Nc1ccc(CCn2cnc3c2CCCC3)cc1. The number of anilines is 1. The molecular formula is C15H19N3. The molecule has 1 aromatic heterocycles. The molecule has 0 spiro atoms. The Morgan fingerprint density at radius 2 is 1.89 bits per heavy atom. The lowest BCUT2D eigenvalue weighted by molar-refractivity contribution is 0.602. The minimum atomic E-state index is 0.832. The Kier molecular flexibility index (Phi) is 3.05. The average molecular weight is 241 g/mol. The molecule has 0 bridgehead atoms. The number of fused-ring (bicyclic) bond motifs is 1. The fraction of sp³-hybridized carbons (Fsp3) is 0.400. The first-order valence-corrected chi connectivity index (χ1v) is 6.70. The smallest absolute Gasteiger partial charge is 0.0951 e. The zero-order valence-corrected chi connectivity index (χ0v) is 10.6. The molecule has 94 valence electrons. The molecule has 1 aromatic carbocycles. The lowest BCUT2D eigenvalue weighted by Gasteiger charge is -2.14. The van der Waals surface area contributed by atoms with Gasteiger partial charge in [-0.3, -0.25) is 0 Å². The number of hydrogen-bond acceptors (Lipinski definition) is 2. The lowest BCUT2D eigenvalue weighted by Crippen LogP contribution is -2.09. The van der Waals surface area contributed by atoms with E-state index in [-0.39, 0.29) is 0 Å². The summed E-state index contributed by atoms with van der Waals surface area (Å²) in [5.74, 6) is 0. The Hall–Kier alpha value is -1.77. The van der Waals surface area contributed by atoms with Crippen LogP contribution in [0, 0.1) is 0 Å². The highest BCUT2D eigenvalue weighted by molar-refractivity contribution is 5.39. The first kappa shape index (κ1) is 11.3. The Labute approximate surface area is 108 Å². The van der Waals surface area contributed by atoms with Gasteiger partial charge < -0.3 is 10.3 Å². The summed E-state index contributed by atoms with van der Waals surface area (Å²) >= 11 is 0. The molecule has 18 heavy (non-hydrogen) atoms. The zero-order chi connectivity index (χ0) is 12.4. The van der Waals surface area contributed by atoms with E-state index >= 15 is 0 Å². The van der Waals surface area contributed by atoms with Gasteiger partial charge in [0.2, 0.25) is 0 Å². The van der Waals surface area contributed by atoms with Gasteiger partial charge in [0.05, 0.1) is 12.0 Å². The van der Waals surface area contributed by atoms with Crippen molar-refractivity contribution in [3.8, 4) is 0 Å². The van der Waals surface area contributed by atoms with Crippen molar-refractivity contribution >= 4 is 5.69 Å². The van der Waals surface area contributed by atoms with Crippen LogP contribution in [0.4, 0.5) is 5.69 Å². The summed E-state index contributed by atoms with van der Waals surface area (Å²) in [5, 5.41) is 0. The molecule has 3 rings (SSSR count). The largest absolute Gasteiger partial charge is 0.399 e. The Bertz CT molecular complexity index is 525. The fourth-order valence-corrected chi connectivity index (χ4v) is 2.66. The summed E-state index contributed by atoms with van der Waals surface area (Å²) in [7, 11) is 0. The highest BCUT2D eigenvalue weighted by atomic mass is 15.1. The number of nitrogen functional groups attached to an aromatic ring is 1. The van der Waals surface area contributed by atoms with Crippen LogP contribution in [0.3, 0.4) is 0 Å². The molecule has 0 amide bonds. The van der Waals surface area contributed by atoms with Crippen LogP contribution in [0.1, 0.15) is 29.8 Å². The van der Waals surface area contributed by atoms with Crippen LogP contribution >= 0.6 is 0 Å². The van der Waals surface area contributed by atoms with E-state index in [9.17, 15) is 0 Å². The fourth-order valence-electron chi connectivity index (χ4n) is 2.66. The molecule has 0 fully saturated rings. The van der Waals surface area contributed by atoms with Crippen molar-refractivity contribution in [1.82, 2.24) is 9.55 Å². The van der Waals surface area contributed by atoms with Crippen molar-refractivity contribution in [3.05, 3.63) is 47.5 Å². The van der Waals surface area contributed by atoms with Gasteiger partial charge in [-0.05, 0) is 49.8 Å². The maximum absolute atomic E-state index is 5.69. The standard InChI is InChI=1S/C15H19N3/c16-13-7-5-12(6-8-13)9-10-18-11-17-14-3-1-2-4-15(14)18/h5-8,11H,1-4,9-10,16H2. The van der Waals surface area contributed by atoms with Crippen molar-refractivity contribution in [2.75, 3.05) is 5.73 Å². The summed E-state index contributed by atoms with van der Waals surface area (Å²) in [4.78, 5) is 4.53. The van der Waals surface area contributed by atoms with Crippen LogP contribution in [0.5, 0.6) is 0 Å². The van der Waals surface area contributed by atoms with Gasteiger partial charge in [0.1, 0.15) is 0 Å². The average Bonchev–Trinajstić information content (AvgIpc) is 2.82. The number of rotatable bonds is 3. The quantitative estimate of drug-likeness (QED) is 0.839. The first-order valence-electron chi connectivity index (χ1n) is 6.70. The second-order valence-corrected chi connectivity index (χ2v) is 5.03. The lowest BCUT2D eigenvalue weighted by atomic mass is 10.0. The molecule has 0 radical (unpaired) electrons. The Balaban J connectivity index is 1.70. The van der Waals surface area contributed by atoms with Crippen molar-refractivity contribution in [2.45, 2.75) is 38.6 Å². The molecule has 0 saturated carbocycles. The van der Waals surface area contributed by atoms with E-state index in [1.807, 2.05) is 18.5 Å². The van der Waals surface area contributed by atoms with Crippen LogP contribution in [-0.2, 0) is 25.8 Å².